The maximum absolute atomic E-state index is 11.7. The van der Waals surface area contributed by atoms with Crippen LogP contribution in [0.5, 0.6) is 0 Å². The first-order valence-corrected chi connectivity index (χ1v) is 7.82. The standard InChI is InChI=1S/C17H20N2O2S/c1-19(2)17(21)22-16-8-4-5-13(10-16)11-18-15-7-3-6-14(9-15)12-20/h3-10,18,20H,11-12H2,1-2H3. The number of rotatable bonds is 5. The van der Waals surface area contributed by atoms with Crippen molar-refractivity contribution in [3.05, 3.63) is 59.7 Å². The van der Waals surface area contributed by atoms with Gasteiger partial charge in [-0.25, -0.2) is 0 Å². The summed E-state index contributed by atoms with van der Waals surface area (Å²) in [5, 5.41) is 12.5. The molecule has 0 radical (unpaired) electrons. The maximum Gasteiger partial charge on any atom is 0.285 e. The molecule has 0 aliphatic heterocycles. The zero-order valence-corrected chi connectivity index (χ0v) is 13.6. The quantitative estimate of drug-likeness (QED) is 0.828. The number of amides is 1. The summed E-state index contributed by atoms with van der Waals surface area (Å²) in [5.74, 6) is 0. The van der Waals surface area contributed by atoms with Gasteiger partial charge in [0.1, 0.15) is 0 Å². The zero-order chi connectivity index (χ0) is 15.9. The monoisotopic (exact) mass is 316 g/mol. The number of aliphatic hydroxyl groups excluding tert-OH is 1. The number of aliphatic hydroxyl groups is 1. The van der Waals surface area contributed by atoms with Gasteiger partial charge in [0.15, 0.2) is 0 Å². The summed E-state index contributed by atoms with van der Waals surface area (Å²) in [6, 6.07) is 15.6. The van der Waals surface area contributed by atoms with Gasteiger partial charge in [0.2, 0.25) is 0 Å². The zero-order valence-electron chi connectivity index (χ0n) is 12.7. The van der Waals surface area contributed by atoms with E-state index in [1.165, 1.54) is 11.8 Å². The number of carbonyl (C=O) groups is 1. The van der Waals surface area contributed by atoms with Gasteiger partial charge in [-0.2, -0.15) is 0 Å². The first-order chi connectivity index (χ1) is 10.6. The van der Waals surface area contributed by atoms with Crippen LogP contribution in [0, 0.1) is 0 Å². The highest BCUT2D eigenvalue weighted by Crippen LogP contribution is 2.22. The van der Waals surface area contributed by atoms with Crippen molar-refractivity contribution in [2.24, 2.45) is 0 Å². The molecule has 0 saturated carbocycles. The average molecular weight is 316 g/mol. The number of hydrogen-bond donors (Lipinski definition) is 2. The van der Waals surface area contributed by atoms with Crippen LogP contribution >= 0.6 is 11.8 Å². The van der Waals surface area contributed by atoms with Gasteiger partial charge in [-0.15, -0.1) is 0 Å². The molecule has 0 heterocycles. The first-order valence-electron chi connectivity index (χ1n) is 7.00. The summed E-state index contributed by atoms with van der Waals surface area (Å²) in [6.07, 6.45) is 0. The normalized spacial score (nSPS) is 10.3. The van der Waals surface area contributed by atoms with Gasteiger partial charge >= 0.3 is 0 Å². The Morgan fingerprint density at radius 3 is 2.59 bits per heavy atom. The molecule has 4 nitrogen and oxygen atoms in total. The van der Waals surface area contributed by atoms with Crippen molar-refractivity contribution in [1.29, 1.82) is 0 Å². The Bertz CT molecular complexity index is 644. The average Bonchev–Trinajstić information content (AvgIpc) is 2.53. The third-order valence-corrected chi connectivity index (χ3v) is 4.10. The summed E-state index contributed by atoms with van der Waals surface area (Å²) in [5.41, 5.74) is 2.95. The first kappa shape index (κ1) is 16.4. The molecule has 0 unspecified atom stereocenters. The summed E-state index contributed by atoms with van der Waals surface area (Å²) >= 11 is 1.22. The van der Waals surface area contributed by atoms with Crippen LogP contribution in [0.3, 0.4) is 0 Å². The van der Waals surface area contributed by atoms with Gasteiger partial charge in [0.05, 0.1) is 6.61 Å². The molecule has 2 aromatic carbocycles. The molecular weight excluding hydrogens is 296 g/mol. The lowest BCUT2D eigenvalue weighted by Crippen LogP contribution is -2.16. The van der Waals surface area contributed by atoms with E-state index in [1.54, 1.807) is 19.0 Å². The maximum atomic E-state index is 11.7. The van der Waals surface area contributed by atoms with E-state index in [4.69, 9.17) is 5.11 Å². The SMILES string of the molecule is CN(C)C(=O)Sc1cccc(CNc2cccc(CO)c2)c1. The molecule has 22 heavy (non-hydrogen) atoms. The number of hydrogen-bond acceptors (Lipinski definition) is 4. The van der Waals surface area contributed by atoms with Crippen LogP contribution in [0.25, 0.3) is 0 Å². The third-order valence-electron chi connectivity index (χ3n) is 3.07. The Labute approximate surface area is 135 Å². The number of carbonyl (C=O) groups excluding carboxylic acids is 1. The van der Waals surface area contributed by atoms with Crippen LogP contribution in [0.4, 0.5) is 10.5 Å². The van der Waals surface area contributed by atoms with E-state index >= 15 is 0 Å². The Morgan fingerprint density at radius 1 is 1.14 bits per heavy atom. The molecule has 2 rings (SSSR count). The van der Waals surface area contributed by atoms with Crippen molar-refractivity contribution in [2.45, 2.75) is 18.0 Å². The van der Waals surface area contributed by atoms with Gasteiger partial charge < -0.3 is 15.3 Å². The predicted octanol–water partition coefficient (Wildman–Crippen LogP) is 3.56. The minimum Gasteiger partial charge on any atom is -0.392 e. The van der Waals surface area contributed by atoms with Crippen molar-refractivity contribution >= 4 is 22.7 Å². The fourth-order valence-corrected chi connectivity index (χ4v) is 2.64. The number of nitrogens with zero attached hydrogens (tertiary/aromatic N) is 1. The number of nitrogens with one attached hydrogen (secondary N) is 1. The smallest absolute Gasteiger partial charge is 0.285 e. The summed E-state index contributed by atoms with van der Waals surface area (Å²) in [6.45, 7) is 0.702. The molecule has 0 atom stereocenters. The molecule has 0 spiro atoms. The van der Waals surface area contributed by atoms with Crippen molar-refractivity contribution in [3.63, 3.8) is 0 Å². The molecular formula is C17H20N2O2S. The van der Waals surface area contributed by atoms with Crippen LogP contribution in [-0.2, 0) is 13.2 Å². The van der Waals surface area contributed by atoms with Gasteiger partial charge in [-0.05, 0) is 47.2 Å². The second-order valence-electron chi connectivity index (χ2n) is 5.12. The Kier molecular flexibility index (Phi) is 5.86. The fourth-order valence-electron chi connectivity index (χ4n) is 1.89. The second kappa shape index (κ2) is 7.87. The second-order valence-corrected chi connectivity index (χ2v) is 6.15. The molecule has 116 valence electrons. The summed E-state index contributed by atoms with van der Waals surface area (Å²) in [7, 11) is 3.49. The lowest BCUT2D eigenvalue weighted by Gasteiger charge is -2.11. The number of thioether (sulfide) groups is 1. The Balaban J connectivity index is 1.99. The van der Waals surface area contributed by atoms with E-state index in [2.05, 4.69) is 5.32 Å². The largest absolute Gasteiger partial charge is 0.392 e. The van der Waals surface area contributed by atoms with Crippen molar-refractivity contribution in [3.8, 4) is 0 Å². The van der Waals surface area contributed by atoms with Crippen LogP contribution < -0.4 is 5.32 Å². The van der Waals surface area contributed by atoms with Crippen molar-refractivity contribution < 1.29 is 9.90 Å². The van der Waals surface area contributed by atoms with E-state index in [1.807, 2.05) is 48.5 Å². The van der Waals surface area contributed by atoms with Gasteiger partial charge in [-0.3, -0.25) is 4.79 Å². The molecule has 0 bridgehead atoms. The molecule has 0 aliphatic rings. The Hall–Kier alpha value is -1.98. The highest BCUT2D eigenvalue weighted by atomic mass is 32.2. The lowest BCUT2D eigenvalue weighted by atomic mass is 10.2. The fraction of sp³-hybridized carbons (Fsp3) is 0.235. The summed E-state index contributed by atoms with van der Waals surface area (Å²) in [4.78, 5) is 14.2. The van der Waals surface area contributed by atoms with Crippen molar-refractivity contribution in [2.75, 3.05) is 19.4 Å². The molecule has 0 aliphatic carbocycles. The van der Waals surface area contributed by atoms with Gasteiger partial charge in [-0.1, -0.05) is 24.3 Å². The van der Waals surface area contributed by atoms with E-state index < -0.39 is 0 Å². The Morgan fingerprint density at radius 2 is 1.86 bits per heavy atom. The number of benzene rings is 2. The molecule has 2 N–H and O–H groups in total. The summed E-state index contributed by atoms with van der Waals surface area (Å²) < 4.78 is 0. The van der Waals surface area contributed by atoms with Gasteiger partial charge in [0, 0.05) is 31.2 Å². The van der Waals surface area contributed by atoms with Crippen LogP contribution in [-0.4, -0.2) is 29.3 Å². The van der Waals surface area contributed by atoms with Crippen LogP contribution in [0.2, 0.25) is 0 Å². The molecule has 0 aromatic heterocycles. The van der Waals surface area contributed by atoms with Crippen LogP contribution in [0.15, 0.2) is 53.4 Å². The lowest BCUT2D eigenvalue weighted by molar-refractivity contribution is 0.241. The molecule has 0 saturated heterocycles. The molecule has 5 heteroatoms. The van der Waals surface area contributed by atoms with E-state index in [9.17, 15) is 4.79 Å². The minimum absolute atomic E-state index is 0.0146. The number of anilines is 1. The minimum atomic E-state index is 0.0146. The third kappa shape index (κ3) is 4.79. The highest BCUT2D eigenvalue weighted by Gasteiger charge is 2.07. The van der Waals surface area contributed by atoms with Crippen LogP contribution in [0.1, 0.15) is 11.1 Å². The molecule has 1 amide bonds. The topological polar surface area (TPSA) is 52.6 Å². The molecule has 0 fully saturated rings. The van der Waals surface area contributed by atoms with E-state index in [0.29, 0.717) is 6.54 Å². The van der Waals surface area contributed by atoms with Crippen molar-refractivity contribution in [1.82, 2.24) is 4.90 Å². The van der Waals surface area contributed by atoms with E-state index in [-0.39, 0.29) is 11.8 Å². The van der Waals surface area contributed by atoms with E-state index in [0.717, 1.165) is 21.7 Å². The predicted molar refractivity (Wildman–Crippen MR) is 91.1 cm³/mol. The molecule has 2 aromatic rings. The highest BCUT2D eigenvalue weighted by molar-refractivity contribution is 8.13. The van der Waals surface area contributed by atoms with Gasteiger partial charge in [0.25, 0.3) is 5.24 Å².